The van der Waals surface area contributed by atoms with Crippen LogP contribution in [0.1, 0.15) is 120 Å². The summed E-state index contributed by atoms with van der Waals surface area (Å²) in [6.45, 7) is 35.1. The van der Waals surface area contributed by atoms with Gasteiger partial charge in [-0.25, -0.2) is 0 Å². The Labute approximate surface area is 873 Å². The molecule has 19 rings (SSSR count). The second-order valence-corrected chi connectivity index (χ2v) is 39.7. The number of benzene rings is 7. The van der Waals surface area contributed by atoms with E-state index in [0.29, 0.717) is 109 Å². The highest BCUT2D eigenvalue weighted by Crippen LogP contribution is 2.27. The standard InChI is InChI=1S/C32H49N9O3.C24H47N9O.C18H15NO4.C14H34N8.C11H10BrNO2.C7H6O2/c33-31-19-34-10-13-37-22-32(23-38-14-11-35-20-31,24-39-15-12-36-21-31)40-18-25-6-8-26(9-7-25)44-17-3-16-41-29(42)27-4-1-2-5-28(27)30(41)43;25-6-1-13-34-22-4-2-21(3-5-22)14-33-24-18-30-10-7-27-15-23(26,16-28-8-11-31-19-24)17-29-9-12-32-20-24;20-12-13-6-8-14(9-7-13)23-11-3-10-19-17(21)15-4-1-2-5-16(15)18(19)22;15-13-7-17-1-2-18-8-14(16,11-21-5-3-19-9-13)12-22-6-4-20-10-13;12-6-3-7-13-10(14)8-4-1-2-5-9(8)11(13)15;8-5-6-1-3-7(9)4-2-6/h1-2,4-9,34-40H,3,10-24,33H2;2-5,27-33H,1,6-20,25-26H2;1-2,4-9,12H,3,10-11H2;17-22H,1-12,15-16H2;1-2,4-5H,3,6-7H2;1-5,9H. The lowest BCUT2D eigenvalue weighted by molar-refractivity contribution is 0.0630. The molecule has 6 amide bonds. The molecule has 0 unspecified atom stereocenters. The molecule has 12 aliphatic rings. The zero-order chi connectivity index (χ0) is 104. The molecular weight excluding hydrogens is 1940 g/mol. The van der Waals surface area contributed by atoms with Gasteiger partial charge < -0.3 is 154 Å². The van der Waals surface area contributed by atoms with Crippen LogP contribution in [-0.4, -0.2) is 388 Å². The van der Waals surface area contributed by atoms with Crippen LogP contribution in [0.3, 0.4) is 0 Å². The molecule has 7 aromatic carbocycles. The van der Waals surface area contributed by atoms with Gasteiger partial charge in [0.25, 0.3) is 35.4 Å². The number of halogens is 1. The number of hydrogen-bond donors (Lipinski definition) is 26. The van der Waals surface area contributed by atoms with Crippen molar-refractivity contribution in [1.82, 2.24) is 121 Å². The normalized spacial score (nSPS) is 23.9. The van der Waals surface area contributed by atoms with Gasteiger partial charge >= 0.3 is 0 Å². The summed E-state index contributed by atoms with van der Waals surface area (Å²) in [7, 11) is 0. The number of alkyl halides is 1. The summed E-state index contributed by atoms with van der Waals surface area (Å²) in [5.41, 5.74) is 37.1. The second-order valence-electron chi connectivity index (χ2n) is 38.9. The first-order valence-electron chi connectivity index (χ1n) is 51.9. The average Bonchev–Trinajstić information content (AvgIpc) is 1.65. The Kier molecular flexibility index (Phi) is 50.4. The van der Waals surface area contributed by atoms with Crippen LogP contribution >= 0.6 is 15.9 Å². The van der Waals surface area contributed by atoms with E-state index in [4.69, 9.17) is 48.0 Å². The lowest BCUT2D eigenvalue weighted by Gasteiger charge is -2.37. The number of phenols is 1. The SMILES string of the molecule is NC12CNCCNCC(N)(CNCCNC1)CNCCNC2.NC12CNCCNCC(NCc3ccc(OCCCN4C(=O)c5ccccc5C4=O)cc3)(CNCCNC1)CNCCNC2.NCCCOc1ccc(CNC23CNCCNCC(N)(CNCCNC2)CNCCNC3)cc1.O=C1c2ccccc2C(=O)N1CCCBr.O=Cc1ccc(O)cc1.O=Cc1ccc(OCCCN2C(=O)c3ccccc3C2=O)cc1. The molecular formula is C106H161BrN28O12. The fourth-order valence-corrected chi connectivity index (χ4v) is 18.2. The zero-order valence-corrected chi connectivity index (χ0v) is 86.8. The predicted molar refractivity (Wildman–Crippen MR) is 580 cm³/mol. The minimum atomic E-state index is -0.331. The zero-order valence-electron chi connectivity index (χ0n) is 85.2. The van der Waals surface area contributed by atoms with Crippen molar-refractivity contribution >= 4 is 63.9 Å². The van der Waals surface area contributed by atoms with Gasteiger partial charge in [-0.15, -0.1) is 0 Å². The fourth-order valence-electron chi connectivity index (χ4n) is 17.9. The Balaban J connectivity index is 0.000000177. The highest BCUT2D eigenvalue weighted by Gasteiger charge is 2.40. The number of nitrogens with zero attached hydrogens (tertiary/aromatic N) is 3. The van der Waals surface area contributed by atoms with Gasteiger partial charge in [-0.1, -0.05) is 76.6 Å². The third-order valence-corrected chi connectivity index (χ3v) is 27.0. The van der Waals surface area contributed by atoms with Crippen molar-refractivity contribution < 1.29 is 57.7 Å². The Morgan fingerprint density at radius 3 is 0.714 bits per heavy atom. The molecule has 41 heteroatoms. The van der Waals surface area contributed by atoms with Gasteiger partial charge in [0.05, 0.1) is 86.4 Å². The van der Waals surface area contributed by atoms with E-state index in [2.05, 4.69) is 147 Å². The number of nitrogens with two attached hydrogens (primary N) is 5. The molecule has 12 aliphatic heterocycles. The number of hydrogen-bond acceptors (Lipinski definition) is 37. The lowest BCUT2D eigenvalue weighted by Crippen LogP contribution is -2.66. The Morgan fingerprint density at radius 1 is 0.293 bits per heavy atom. The predicted octanol–water partition coefficient (Wildman–Crippen LogP) is -1.87. The summed E-state index contributed by atoms with van der Waals surface area (Å²) >= 11 is 3.28. The highest BCUT2D eigenvalue weighted by atomic mass is 79.9. The monoisotopic (exact) mass is 2100 g/mol. The van der Waals surface area contributed by atoms with Gasteiger partial charge in [0.2, 0.25) is 0 Å². The van der Waals surface area contributed by atoms with Gasteiger partial charge in [-0.3, -0.25) is 53.1 Å². The second kappa shape index (κ2) is 63.2. The highest BCUT2D eigenvalue weighted by molar-refractivity contribution is 9.09. The summed E-state index contributed by atoms with van der Waals surface area (Å²) in [5, 5.41) is 81.3. The maximum atomic E-state index is 12.6. The van der Waals surface area contributed by atoms with E-state index in [9.17, 15) is 38.4 Å². The van der Waals surface area contributed by atoms with E-state index < -0.39 is 0 Å². The Hall–Kier alpha value is -10.0. The van der Waals surface area contributed by atoms with Gasteiger partial charge in [-0.2, -0.15) is 0 Å². The third-order valence-electron chi connectivity index (χ3n) is 26.4. The van der Waals surface area contributed by atoms with Crippen LogP contribution in [0.15, 0.2) is 170 Å². The Bertz CT molecular complexity index is 4860. The van der Waals surface area contributed by atoms with Crippen LogP contribution in [0.4, 0.5) is 0 Å². The smallest absolute Gasteiger partial charge is 0.261 e. The first kappa shape index (κ1) is 117. The van der Waals surface area contributed by atoms with Crippen molar-refractivity contribution in [2.45, 2.75) is 72.0 Å². The van der Waals surface area contributed by atoms with Gasteiger partial charge in [0, 0.05) is 285 Å². The van der Waals surface area contributed by atoms with Crippen LogP contribution in [0.25, 0.3) is 0 Å². The minimum Gasteiger partial charge on any atom is -0.508 e. The molecule has 6 bridgehead atoms. The molecule has 9 fully saturated rings. The third kappa shape index (κ3) is 39.4. The molecule has 0 saturated carbocycles. The quantitative estimate of drug-likeness (QED) is 0.0129. The molecule has 0 radical (unpaired) electrons. The molecule has 31 N–H and O–H groups in total. The molecule has 0 aromatic heterocycles. The van der Waals surface area contributed by atoms with E-state index >= 15 is 0 Å². The topological polar surface area (TPSA) is 565 Å². The molecule has 9 saturated heterocycles. The molecule has 147 heavy (non-hydrogen) atoms. The molecule has 7 aromatic rings. The fraction of sp³-hybridized carbons (Fsp3) is 0.528. The number of amides is 6. The summed E-state index contributed by atoms with van der Waals surface area (Å²) in [4.78, 5) is 97.6. The average molecular weight is 2100 g/mol. The number of aldehydes is 2. The summed E-state index contributed by atoms with van der Waals surface area (Å²) in [6, 6.07) is 50.1. The summed E-state index contributed by atoms with van der Waals surface area (Å²) in [6.07, 6.45) is 4.27. The van der Waals surface area contributed by atoms with Crippen molar-refractivity contribution in [3.05, 3.63) is 225 Å². The van der Waals surface area contributed by atoms with Crippen molar-refractivity contribution in [2.24, 2.45) is 28.7 Å². The van der Waals surface area contributed by atoms with Crippen LogP contribution in [-0.2, 0) is 13.1 Å². The van der Waals surface area contributed by atoms with Crippen molar-refractivity contribution in [2.75, 3.05) is 287 Å². The molecule has 804 valence electrons. The minimum absolute atomic E-state index is 0.123. The van der Waals surface area contributed by atoms with E-state index in [-0.39, 0.29) is 74.4 Å². The van der Waals surface area contributed by atoms with E-state index in [1.54, 1.807) is 109 Å². The molecule has 0 atom stereocenters. The largest absolute Gasteiger partial charge is 0.508 e. The number of rotatable bonds is 25. The molecule has 0 spiro atoms. The number of imide groups is 3. The molecule has 40 nitrogen and oxygen atoms in total. The van der Waals surface area contributed by atoms with Crippen LogP contribution in [0.5, 0.6) is 23.0 Å². The number of fused-ring (bicyclic) bond motifs is 48. The van der Waals surface area contributed by atoms with Crippen LogP contribution in [0, 0.1) is 0 Å². The number of ether oxygens (including phenoxy) is 3. The van der Waals surface area contributed by atoms with Crippen LogP contribution < -0.4 is 149 Å². The summed E-state index contributed by atoms with van der Waals surface area (Å²) < 4.78 is 17.2. The Morgan fingerprint density at radius 2 is 0.497 bits per heavy atom. The van der Waals surface area contributed by atoms with Gasteiger partial charge in [0.1, 0.15) is 35.6 Å². The first-order valence-corrected chi connectivity index (χ1v) is 53.0. The van der Waals surface area contributed by atoms with Crippen LogP contribution in [0.2, 0.25) is 0 Å². The lowest BCUT2D eigenvalue weighted by atomic mass is 9.97. The molecule has 0 aliphatic carbocycles. The van der Waals surface area contributed by atoms with Gasteiger partial charge in [-0.05, 0) is 153 Å². The van der Waals surface area contributed by atoms with Crippen molar-refractivity contribution in [3.8, 4) is 23.0 Å². The number of carbonyl (C=O) groups is 8. The number of aromatic hydroxyl groups is 1. The van der Waals surface area contributed by atoms with E-state index in [0.717, 1.165) is 291 Å². The maximum Gasteiger partial charge on any atom is 0.261 e. The van der Waals surface area contributed by atoms with Crippen molar-refractivity contribution in [1.29, 1.82) is 0 Å². The number of nitrogens with one attached hydrogen (secondary N) is 20. The first-order chi connectivity index (χ1) is 71.5. The molecule has 12 heterocycles. The maximum absolute atomic E-state index is 12.6. The van der Waals surface area contributed by atoms with Crippen molar-refractivity contribution in [3.63, 3.8) is 0 Å². The number of carbonyl (C=O) groups excluding carboxylic acids is 8. The number of phenolic OH excluding ortho intramolecular Hbond substituents is 1. The van der Waals surface area contributed by atoms with Gasteiger partial charge in [0.15, 0.2) is 0 Å². The van der Waals surface area contributed by atoms with E-state index in [1.807, 2.05) is 24.3 Å². The summed E-state index contributed by atoms with van der Waals surface area (Å²) in [5.74, 6) is 1.20. The van der Waals surface area contributed by atoms with E-state index in [1.165, 1.54) is 38.0 Å².